The van der Waals surface area contributed by atoms with Crippen LogP contribution in [-0.2, 0) is 24.3 Å². The average molecular weight is 821 g/mol. The van der Waals surface area contributed by atoms with Crippen molar-refractivity contribution in [3.63, 3.8) is 0 Å². The van der Waals surface area contributed by atoms with Gasteiger partial charge in [0.15, 0.2) is 0 Å². The average Bonchev–Trinajstić information content (AvgIpc) is 3.67. The predicted molar refractivity (Wildman–Crippen MR) is 221 cm³/mol. The van der Waals surface area contributed by atoms with Crippen LogP contribution in [0.4, 0.5) is 5.69 Å². The second kappa shape index (κ2) is 18.6. The Balaban J connectivity index is 0.965. The van der Waals surface area contributed by atoms with Gasteiger partial charge < -0.3 is 29.0 Å². The number of sulfonamides is 1. The predicted octanol–water partition coefficient (Wildman–Crippen LogP) is 5.43. The summed E-state index contributed by atoms with van der Waals surface area (Å²) in [6.07, 6.45) is 1.40. The van der Waals surface area contributed by atoms with E-state index in [1.54, 1.807) is 33.1 Å². The van der Waals surface area contributed by atoms with E-state index in [-0.39, 0.29) is 35.9 Å². The number of benzene rings is 3. The van der Waals surface area contributed by atoms with Gasteiger partial charge in [-0.25, -0.2) is 23.1 Å². The molecule has 14 nitrogen and oxygen atoms in total. The zero-order valence-corrected chi connectivity index (χ0v) is 34.3. The van der Waals surface area contributed by atoms with E-state index < -0.39 is 21.7 Å². The number of aromatic nitrogens is 1. The lowest BCUT2D eigenvalue weighted by Crippen LogP contribution is -2.48. The summed E-state index contributed by atoms with van der Waals surface area (Å²) < 4.78 is 50.5. The van der Waals surface area contributed by atoms with Crippen LogP contribution < -0.4 is 25.3 Å². The summed E-state index contributed by atoms with van der Waals surface area (Å²) in [5.41, 5.74) is 4.76. The van der Waals surface area contributed by atoms with Crippen molar-refractivity contribution in [1.82, 2.24) is 15.2 Å². The largest absolute Gasteiger partial charge is 0.497 e. The number of halogens is 1. The van der Waals surface area contributed by atoms with Gasteiger partial charge in [-0.1, -0.05) is 42.8 Å². The third-order valence-corrected chi connectivity index (χ3v) is 11.9. The highest BCUT2D eigenvalue weighted by Crippen LogP contribution is 2.39. The number of methoxy groups -OCH3 is 1. The van der Waals surface area contributed by atoms with Crippen molar-refractivity contribution in [3.05, 3.63) is 98.5 Å². The van der Waals surface area contributed by atoms with Crippen LogP contribution in [0, 0.1) is 13.8 Å². The highest BCUT2D eigenvalue weighted by Gasteiger charge is 2.43. The second-order valence-electron chi connectivity index (χ2n) is 13.9. The number of amidine groups is 1. The van der Waals surface area contributed by atoms with E-state index in [0.29, 0.717) is 72.5 Å². The minimum atomic E-state index is -3.83. The van der Waals surface area contributed by atoms with Gasteiger partial charge in [0, 0.05) is 35.8 Å². The van der Waals surface area contributed by atoms with Crippen molar-refractivity contribution < 1.29 is 31.9 Å². The van der Waals surface area contributed by atoms with E-state index in [9.17, 15) is 18.0 Å². The third-order valence-electron chi connectivity index (χ3n) is 10.1. The van der Waals surface area contributed by atoms with Gasteiger partial charge in [0.2, 0.25) is 15.9 Å². The monoisotopic (exact) mass is 820 g/mol. The van der Waals surface area contributed by atoms with Crippen LogP contribution in [-0.4, -0.2) is 95.8 Å². The molecule has 3 heterocycles. The number of aryl methyl sites for hydroxylation is 2. The fourth-order valence-electron chi connectivity index (χ4n) is 7.28. The molecule has 0 saturated carbocycles. The van der Waals surface area contributed by atoms with Crippen LogP contribution >= 0.6 is 11.6 Å². The van der Waals surface area contributed by atoms with Gasteiger partial charge in [-0.05, 0) is 81.1 Å². The summed E-state index contributed by atoms with van der Waals surface area (Å²) in [6, 6.07) is 17.7. The van der Waals surface area contributed by atoms with Crippen molar-refractivity contribution in [2.24, 2.45) is 9.98 Å². The maximum atomic E-state index is 13.4. The molecule has 0 saturated heterocycles. The van der Waals surface area contributed by atoms with E-state index in [1.165, 1.54) is 6.07 Å². The number of rotatable bonds is 18. The molecule has 2 aliphatic heterocycles. The summed E-state index contributed by atoms with van der Waals surface area (Å²) in [5.74, 6) is 1.44. The maximum Gasteiger partial charge on any atom is 0.365 e. The van der Waals surface area contributed by atoms with Gasteiger partial charge in [0.25, 0.3) is 0 Å². The Hall–Kier alpha value is -4.80. The Labute approximate surface area is 337 Å². The van der Waals surface area contributed by atoms with Gasteiger partial charge in [-0.15, -0.1) is 0 Å². The van der Waals surface area contributed by atoms with Crippen LogP contribution in [0.25, 0.3) is 11.1 Å². The zero-order chi connectivity index (χ0) is 40.7. The number of fused-ring (bicyclic) bond motifs is 3. The number of amides is 1. The summed E-state index contributed by atoms with van der Waals surface area (Å²) in [5, 5.41) is 6.13. The molecule has 0 radical (unpaired) electrons. The maximum absolute atomic E-state index is 13.4. The van der Waals surface area contributed by atoms with Gasteiger partial charge in [0.05, 0.1) is 79.0 Å². The fraction of sp³-hybridized carbons (Fsp3) is 0.415. The van der Waals surface area contributed by atoms with Crippen molar-refractivity contribution in [2.75, 3.05) is 51.5 Å². The topological polar surface area (TPSA) is 177 Å². The molecular weight excluding hydrogens is 772 g/mol. The number of nitrogens with zero attached hydrogens (tertiary/aromatic N) is 3. The highest BCUT2D eigenvalue weighted by atomic mass is 35.5. The number of nitrogens with one attached hydrogen (secondary N) is 3. The number of anilines is 1. The highest BCUT2D eigenvalue weighted by molar-refractivity contribution is 7.89. The summed E-state index contributed by atoms with van der Waals surface area (Å²) in [7, 11) is -2.20. The minimum absolute atomic E-state index is 0.0403. The minimum Gasteiger partial charge on any atom is -0.497 e. The van der Waals surface area contributed by atoms with E-state index in [0.717, 1.165) is 34.8 Å². The second-order valence-corrected chi connectivity index (χ2v) is 16.1. The normalized spacial score (nSPS) is 17.7. The lowest BCUT2D eigenvalue weighted by atomic mass is 9.95. The Morgan fingerprint density at radius 3 is 2.37 bits per heavy atom. The lowest BCUT2D eigenvalue weighted by molar-refractivity contribution is -0.121. The number of hydrogen-bond donors (Lipinski definition) is 3. The molecule has 57 heavy (non-hydrogen) atoms. The number of hydrogen-bond acceptors (Lipinski definition) is 11. The molecule has 3 N–H and O–H groups in total. The fourth-order valence-corrected chi connectivity index (χ4v) is 8.75. The van der Waals surface area contributed by atoms with Crippen molar-refractivity contribution >= 4 is 44.8 Å². The van der Waals surface area contributed by atoms with Crippen LogP contribution in [0.5, 0.6) is 5.75 Å². The first kappa shape index (κ1) is 41.8. The van der Waals surface area contributed by atoms with E-state index in [4.69, 9.17) is 40.3 Å². The molecule has 16 heteroatoms. The Kier molecular flexibility index (Phi) is 13.7. The molecule has 0 aliphatic carbocycles. The van der Waals surface area contributed by atoms with Crippen LogP contribution in [0.15, 0.2) is 84.9 Å². The Bertz CT molecular complexity index is 2290. The molecular formula is C41H49ClN6O8S. The number of carbonyl (C=O) groups excluding carboxylic acids is 1. The number of aromatic amines is 1. The Morgan fingerprint density at radius 2 is 1.67 bits per heavy atom. The molecule has 304 valence electrons. The first-order chi connectivity index (χ1) is 27.4. The van der Waals surface area contributed by atoms with E-state index in [1.807, 2.05) is 49.4 Å². The molecule has 0 bridgehead atoms. The number of carbonyl (C=O) groups is 1. The SMILES string of the molecule is CCC1N=C(C)N2c3ccc(OC)cc3C(c3ccc(Cl)cc3)=NC(CC(=O)NCCOCCOCCCNS(=O)(=O)c3cc(-c4c(C)[nH]oc4=O)ccc3C)C12. The standard InChI is InChI=1S/C41H49ClN6O8S/c1-6-33-40-34(46-39(28-10-12-30(42)13-11-28)32-23-31(53-5)14-15-35(32)48(40)27(4)45-33)24-37(49)43-17-19-55-21-20-54-18-7-16-44-57(51,52)36-22-29(9-8-25(36)2)38-26(3)47-56-41(38)50/h8-15,22-23,33-34,40,44,47H,6-7,16-21,24H2,1-5H3,(H,43,49). The van der Waals surface area contributed by atoms with Crippen molar-refractivity contribution in [1.29, 1.82) is 0 Å². The lowest BCUT2D eigenvalue weighted by Gasteiger charge is -2.32. The third kappa shape index (κ3) is 9.67. The van der Waals surface area contributed by atoms with E-state index >= 15 is 0 Å². The van der Waals surface area contributed by atoms with Crippen LogP contribution in [0.1, 0.15) is 55.5 Å². The molecule has 1 amide bonds. The van der Waals surface area contributed by atoms with Crippen molar-refractivity contribution in [2.45, 2.75) is 70.0 Å². The smallest absolute Gasteiger partial charge is 0.365 e. The van der Waals surface area contributed by atoms with Gasteiger partial charge in [-0.2, -0.15) is 0 Å². The molecule has 2 aliphatic rings. The molecule has 0 spiro atoms. The van der Waals surface area contributed by atoms with Gasteiger partial charge >= 0.3 is 5.63 Å². The molecule has 0 fully saturated rings. The zero-order valence-electron chi connectivity index (χ0n) is 32.8. The molecule has 4 aromatic rings. The molecule has 3 aromatic carbocycles. The van der Waals surface area contributed by atoms with E-state index in [2.05, 4.69) is 27.0 Å². The summed E-state index contributed by atoms with van der Waals surface area (Å²) in [4.78, 5) is 38.1. The number of aliphatic imine (C=N–C) groups is 2. The van der Waals surface area contributed by atoms with Gasteiger partial charge in [-0.3, -0.25) is 14.8 Å². The summed E-state index contributed by atoms with van der Waals surface area (Å²) in [6.45, 7) is 9.20. The molecule has 6 rings (SSSR count). The van der Waals surface area contributed by atoms with Crippen LogP contribution in [0.3, 0.4) is 0 Å². The number of H-pyrrole nitrogens is 1. The molecule has 1 aromatic heterocycles. The van der Waals surface area contributed by atoms with Crippen LogP contribution in [0.2, 0.25) is 5.02 Å². The van der Waals surface area contributed by atoms with Gasteiger partial charge in [0.1, 0.15) is 11.6 Å². The molecule has 3 unspecified atom stereocenters. The quantitative estimate of drug-likeness (QED) is 0.111. The Morgan fingerprint density at radius 1 is 0.930 bits per heavy atom. The summed E-state index contributed by atoms with van der Waals surface area (Å²) >= 11 is 6.25. The molecule has 3 atom stereocenters. The first-order valence-corrected chi connectivity index (χ1v) is 20.8. The first-order valence-electron chi connectivity index (χ1n) is 19.0. The number of ether oxygens (including phenoxy) is 3. The van der Waals surface area contributed by atoms with Crippen molar-refractivity contribution in [3.8, 4) is 16.9 Å².